The second-order valence-corrected chi connectivity index (χ2v) is 9.39. The Hall–Kier alpha value is -0.850. The highest BCUT2D eigenvalue weighted by molar-refractivity contribution is 5.99. The quantitative estimate of drug-likeness (QED) is 0.413. The van der Waals surface area contributed by atoms with Crippen LogP contribution in [0.4, 0.5) is 0 Å². The SMILES string of the molecule is C/C=C1/C(=O)CC2C3CC=C4C[C@@H](C)CC[C@]4(C)C3CC[C@]12C. The van der Waals surface area contributed by atoms with Gasteiger partial charge in [-0.15, -0.1) is 0 Å². The van der Waals surface area contributed by atoms with Gasteiger partial charge in [-0.2, -0.15) is 0 Å². The van der Waals surface area contributed by atoms with Crippen molar-refractivity contribution in [1.82, 2.24) is 0 Å². The summed E-state index contributed by atoms with van der Waals surface area (Å²) in [5.41, 5.74) is 3.50. The summed E-state index contributed by atoms with van der Waals surface area (Å²) in [5, 5.41) is 0. The minimum absolute atomic E-state index is 0.163. The van der Waals surface area contributed by atoms with Crippen LogP contribution in [0.1, 0.15) is 72.6 Å². The molecule has 0 amide bonds. The third-order valence-corrected chi connectivity index (χ3v) is 8.35. The van der Waals surface area contributed by atoms with Crippen LogP contribution in [0.3, 0.4) is 0 Å². The van der Waals surface area contributed by atoms with E-state index in [4.69, 9.17) is 0 Å². The molecule has 0 aromatic carbocycles. The Morgan fingerprint density at radius 2 is 1.83 bits per heavy atom. The van der Waals surface area contributed by atoms with E-state index in [-0.39, 0.29) is 5.41 Å². The van der Waals surface area contributed by atoms with Crippen LogP contribution < -0.4 is 0 Å². The van der Waals surface area contributed by atoms with Gasteiger partial charge in [-0.25, -0.2) is 0 Å². The number of carbonyl (C=O) groups excluding carboxylic acids is 1. The lowest BCUT2D eigenvalue weighted by molar-refractivity contribution is -0.115. The minimum Gasteiger partial charge on any atom is -0.295 e. The van der Waals surface area contributed by atoms with E-state index in [1.807, 2.05) is 0 Å². The Kier molecular flexibility index (Phi) is 3.45. The molecule has 1 nitrogen and oxygen atoms in total. The Labute approximate surface area is 141 Å². The van der Waals surface area contributed by atoms with Crippen LogP contribution in [-0.2, 0) is 4.79 Å². The van der Waals surface area contributed by atoms with E-state index in [2.05, 4.69) is 39.8 Å². The molecule has 0 N–H and O–H groups in total. The van der Waals surface area contributed by atoms with E-state index in [9.17, 15) is 4.79 Å². The van der Waals surface area contributed by atoms with E-state index in [0.29, 0.717) is 17.1 Å². The van der Waals surface area contributed by atoms with Crippen LogP contribution in [0, 0.1) is 34.5 Å². The molecular formula is C22H32O. The molecule has 0 aromatic rings. The van der Waals surface area contributed by atoms with Crippen LogP contribution in [0.15, 0.2) is 23.3 Å². The third-order valence-electron chi connectivity index (χ3n) is 8.35. The van der Waals surface area contributed by atoms with Crippen molar-refractivity contribution >= 4 is 5.78 Å². The van der Waals surface area contributed by atoms with E-state index in [1.54, 1.807) is 5.57 Å². The average Bonchev–Trinajstić information content (AvgIpc) is 2.77. The molecule has 0 spiro atoms. The van der Waals surface area contributed by atoms with Gasteiger partial charge in [0.05, 0.1) is 0 Å². The maximum absolute atomic E-state index is 12.6. The zero-order valence-electron chi connectivity index (χ0n) is 15.3. The van der Waals surface area contributed by atoms with Crippen molar-refractivity contribution in [3.8, 4) is 0 Å². The van der Waals surface area contributed by atoms with Crippen LogP contribution in [0.2, 0.25) is 0 Å². The lowest BCUT2D eigenvalue weighted by atomic mass is 9.47. The zero-order chi connectivity index (χ0) is 16.4. The van der Waals surface area contributed by atoms with Gasteiger partial charge in [0.2, 0.25) is 0 Å². The second kappa shape index (κ2) is 5.07. The van der Waals surface area contributed by atoms with Crippen molar-refractivity contribution in [2.75, 3.05) is 0 Å². The largest absolute Gasteiger partial charge is 0.295 e. The molecule has 1 heteroatoms. The Bertz CT molecular complexity index is 597. The lowest BCUT2D eigenvalue weighted by Crippen LogP contribution is -2.49. The number of allylic oxidation sites excluding steroid dienone is 4. The summed E-state index contributed by atoms with van der Waals surface area (Å²) < 4.78 is 0. The number of fused-ring (bicyclic) bond motifs is 5. The molecule has 0 aromatic heterocycles. The summed E-state index contributed by atoms with van der Waals surface area (Å²) in [6.45, 7) is 9.42. The first-order chi connectivity index (χ1) is 10.9. The van der Waals surface area contributed by atoms with Gasteiger partial charge in [0.15, 0.2) is 5.78 Å². The molecule has 4 aliphatic rings. The van der Waals surface area contributed by atoms with Crippen molar-refractivity contribution in [2.45, 2.75) is 72.6 Å². The maximum atomic E-state index is 12.6. The molecule has 4 rings (SSSR count). The molecule has 0 bridgehead atoms. The Morgan fingerprint density at radius 1 is 1.09 bits per heavy atom. The molecule has 0 radical (unpaired) electrons. The van der Waals surface area contributed by atoms with Crippen molar-refractivity contribution in [1.29, 1.82) is 0 Å². The smallest absolute Gasteiger partial charge is 0.159 e. The number of rotatable bonds is 0. The van der Waals surface area contributed by atoms with Gasteiger partial charge in [-0.05, 0) is 85.5 Å². The van der Waals surface area contributed by atoms with Gasteiger partial charge in [0, 0.05) is 6.42 Å². The molecule has 6 atom stereocenters. The van der Waals surface area contributed by atoms with E-state index >= 15 is 0 Å². The summed E-state index contributed by atoms with van der Waals surface area (Å²) in [4.78, 5) is 12.6. The fourth-order valence-electron chi connectivity index (χ4n) is 6.99. The van der Waals surface area contributed by atoms with Crippen molar-refractivity contribution < 1.29 is 4.79 Å². The first kappa shape index (κ1) is 15.7. The van der Waals surface area contributed by atoms with Gasteiger partial charge < -0.3 is 0 Å². The monoisotopic (exact) mass is 312 g/mol. The summed E-state index contributed by atoms with van der Waals surface area (Å²) >= 11 is 0. The molecular weight excluding hydrogens is 280 g/mol. The van der Waals surface area contributed by atoms with Gasteiger partial charge in [-0.3, -0.25) is 4.79 Å². The standard InChI is InChI=1S/C22H32O/c1-5-17-20(23)13-19-16-7-6-15-12-14(2)8-10-21(15,3)18(16)9-11-22(17,19)4/h5-6,14,16,18-19H,7-13H2,1-4H3/b17-5-/t14-,16?,18?,19?,21-,22+/m0/s1. The highest BCUT2D eigenvalue weighted by atomic mass is 16.1. The molecule has 126 valence electrons. The van der Waals surface area contributed by atoms with Crippen LogP contribution >= 0.6 is 0 Å². The van der Waals surface area contributed by atoms with Gasteiger partial charge in [0.25, 0.3) is 0 Å². The number of carbonyl (C=O) groups is 1. The van der Waals surface area contributed by atoms with Gasteiger partial charge in [0.1, 0.15) is 0 Å². The van der Waals surface area contributed by atoms with Gasteiger partial charge >= 0.3 is 0 Å². The Balaban J connectivity index is 1.71. The fourth-order valence-corrected chi connectivity index (χ4v) is 6.99. The summed E-state index contributed by atoms with van der Waals surface area (Å²) in [7, 11) is 0. The highest BCUT2D eigenvalue weighted by Crippen LogP contribution is 2.65. The maximum Gasteiger partial charge on any atom is 0.159 e. The number of hydrogen-bond donors (Lipinski definition) is 0. The van der Waals surface area contributed by atoms with Crippen molar-refractivity contribution in [2.24, 2.45) is 34.5 Å². The Morgan fingerprint density at radius 3 is 2.57 bits per heavy atom. The first-order valence-electron chi connectivity index (χ1n) is 9.79. The van der Waals surface area contributed by atoms with Crippen LogP contribution in [0.25, 0.3) is 0 Å². The summed E-state index contributed by atoms with van der Waals surface area (Å²) in [6, 6.07) is 0. The molecule has 4 aliphatic carbocycles. The minimum atomic E-state index is 0.163. The predicted molar refractivity (Wildman–Crippen MR) is 95.0 cm³/mol. The molecule has 0 heterocycles. The van der Waals surface area contributed by atoms with Gasteiger partial charge in [-0.1, -0.05) is 38.5 Å². The second-order valence-electron chi connectivity index (χ2n) is 9.39. The lowest BCUT2D eigenvalue weighted by Gasteiger charge is -2.57. The fraction of sp³-hybridized carbons (Fsp3) is 0.773. The van der Waals surface area contributed by atoms with Crippen LogP contribution in [-0.4, -0.2) is 5.78 Å². The highest BCUT2D eigenvalue weighted by Gasteiger charge is 2.58. The molecule has 3 unspecified atom stereocenters. The topological polar surface area (TPSA) is 17.1 Å². The molecule has 23 heavy (non-hydrogen) atoms. The number of ketones is 1. The van der Waals surface area contributed by atoms with Crippen molar-refractivity contribution in [3.05, 3.63) is 23.3 Å². The van der Waals surface area contributed by atoms with E-state index in [0.717, 1.165) is 29.7 Å². The predicted octanol–water partition coefficient (Wildman–Crippen LogP) is 5.71. The third kappa shape index (κ3) is 2.01. The summed E-state index contributed by atoms with van der Waals surface area (Å²) in [5.74, 6) is 3.45. The van der Waals surface area contributed by atoms with E-state index < -0.39 is 0 Å². The number of Topliss-reactive ketones (excluding diaryl/α,β-unsaturated/α-hetero) is 1. The van der Waals surface area contributed by atoms with E-state index in [1.165, 1.54) is 38.5 Å². The normalized spacial score (nSPS) is 51.0. The molecule has 3 fully saturated rings. The zero-order valence-corrected chi connectivity index (χ0v) is 15.3. The van der Waals surface area contributed by atoms with Crippen LogP contribution in [0.5, 0.6) is 0 Å². The first-order valence-corrected chi connectivity index (χ1v) is 9.79. The summed E-state index contributed by atoms with van der Waals surface area (Å²) in [6.07, 6.45) is 13.4. The molecule has 0 saturated heterocycles. The number of hydrogen-bond acceptors (Lipinski definition) is 1. The molecule has 0 aliphatic heterocycles. The average molecular weight is 312 g/mol. The van der Waals surface area contributed by atoms with Crippen molar-refractivity contribution in [3.63, 3.8) is 0 Å². The molecule has 3 saturated carbocycles.